The molecule has 2 heterocycles. The van der Waals surface area contributed by atoms with Gasteiger partial charge >= 0.3 is 15.6 Å². The van der Waals surface area contributed by atoms with Crippen LogP contribution in [0.1, 0.15) is 11.1 Å². The first-order valence-electron chi connectivity index (χ1n) is 9.14. The van der Waals surface area contributed by atoms with Crippen molar-refractivity contribution in [1.82, 2.24) is 0 Å². The highest BCUT2D eigenvalue weighted by molar-refractivity contribution is 7.48. The lowest BCUT2D eigenvalue weighted by Crippen LogP contribution is -2.45. The molecule has 8 nitrogen and oxygen atoms in total. The fourth-order valence-electron chi connectivity index (χ4n) is 2.79. The van der Waals surface area contributed by atoms with Crippen molar-refractivity contribution >= 4 is 15.6 Å². The molecule has 2 fully saturated rings. The van der Waals surface area contributed by atoms with E-state index >= 15 is 0 Å². The summed E-state index contributed by atoms with van der Waals surface area (Å²) in [5.74, 6) is 0. The first-order chi connectivity index (χ1) is 14.0. The van der Waals surface area contributed by atoms with Gasteiger partial charge in [-0.3, -0.25) is 27.1 Å². The van der Waals surface area contributed by atoms with Crippen molar-refractivity contribution in [3.63, 3.8) is 0 Å². The minimum atomic E-state index is -3.67. The van der Waals surface area contributed by atoms with Gasteiger partial charge in [-0.05, 0) is 11.1 Å². The van der Waals surface area contributed by atoms with Gasteiger partial charge in [0.25, 0.3) is 0 Å². The zero-order chi connectivity index (χ0) is 20.2. The van der Waals surface area contributed by atoms with E-state index in [0.29, 0.717) is 0 Å². The van der Waals surface area contributed by atoms with Crippen molar-refractivity contribution < 1.29 is 36.3 Å². The smallest absolute Gasteiger partial charge is 0.286 e. The van der Waals surface area contributed by atoms with Gasteiger partial charge in [0.05, 0.1) is 45.1 Å². The molecule has 0 aromatic heterocycles. The summed E-state index contributed by atoms with van der Waals surface area (Å²) in [6, 6.07) is 18.6. The van der Waals surface area contributed by atoms with Crippen molar-refractivity contribution in [3.05, 3.63) is 71.8 Å². The molecule has 4 rings (SSSR count). The quantitative estimate of drug-likeness (QED) is 0.597. The van der Waals surface area contributed by atoms with E-state index in [1.54, 1.807) is 0 Å². The van der Waals surface area contributed by atoms with E-state index < -0.39 is 21.1 Å². The van der Waals surface area contributed by atoms with Crippen molar-refractivity contribution in [2.75, 3.05) is 26.4 Å². The number of phosphoric ester groups is 2. The monoisotopic (exact) mass is 440 g/mol. The van der Waals surface area contributed by atoms with Crippen LogP contribution < -0.4 is 0 Å². The van der Waals surface area contributed by atoms with Crippen LogP contribution in [-0.2, 0) is 49.5 Å². The number of rotatable bonds is 6. The van der Waals surface area contributed by atoms with E-state index in [1.165, 1.54) is 0 Å². The van der Waals surface area contributed by atoms with Crippen LogP contribution in [0, 0.1) is 5.41 Å². The summed E-state index contributed by atoms with van der Waals surface area (Å²) in [5.41, 5.74) is 1.00. The zero-order valence-corrected chi connectivity index (χ0v) is 17.5. The molecule has 1 spiro atoms. The summed E-state index contributed by atoms with van der Waals surface area (Å²) < 4.78 is 57.5. The molecule has 2 aliphatic rings. The lowest BCUT2D eigenvalue weighted by atomic mass is 9.93. The van der Waals surface area contributed by atoms with Gasteiger partial charge in [-0.15, -0.1) is 0 Å². The second-order valence-electron chi connectivity index (χ2n) is 7.01. The lowest BCUT2D eigenvalue weighted by molar-refractivity contribution is -0.0967. The SMILES string of the molecule is O=P1(OCc2ccccc2)OCC2(CO1)COP(=O)(OCc1ccccc1)OC2. The first-order valence-corrected chi connectivity index (χ1v) is 12.1. The lowest BCUT2D eigenvalue weighted by Gasteiger charge is -2.41. The molecule has 2 saturated heterocycles. The van der Waals surface area contributed by atoms with Crippen LogP contribution >= 0.6 is 15.6 Å². The molecule has 10 heteroatoms. The van der Waals surface area contributed by atoms with Crippen LogP contribution in [0.2, 0.25) is 0 Å². The molecule has 0 amide bonds. The molecule has 0 bridgehead atoms. The average Bonchev–Trinajstić information content (AvgIpc) is 2.77. The van der Waals surface area contributed by atoms with Gasteiger partial charge < -0.3 is 0 Å². The van der Waals surface area contributed by atoms with Crippen LogP contribution in [0.3, 0.4) is 0 Å². The first kappa shape index (κ1) is 20.9. The van der Waals surface area contributed by atoms with E-state index in [1.807, 2.05) is 60.7 Å². The minimum absolute atomic E-state index is 0.0394. The minimum Gasteiger partial charge on any atom is -0.286 e. The predicted molar refractivity (Wildman–Crippen MR) is 104 cm³/mol. The van der Waals surface area contributed by atoms with Crippen LogP contribution in [-0.4, -0.2) is 26.4 Å². The second kappa shape index (κ2) is 8.80. The zero-order valence-electron chi connectivity index (χ0n) is 15.7. The van der Waals surface area contributed by atoms with E-state index in [4.69, 9.17) is 27.1 Å². The normalized spacial score (nSPS) is 32.3. The molecule has 0 saturated carbocycles. The highest BCUT2D eigenvalue weighted by Gasteiger charge is 2.50. The third-order valence-electron chi connectivity index (χ3n) is 4.58. The highest BCUT2D eigenvalue weighted by atomic mass is 31.2. The standard InChI is InChI=1S/C19H22O8P2/c20-28(22-11-17-7-3-1-4-8-17)24-13-19(14-25-28)15-26-29(21,27-16-19)23-12-18-9-5-2-6-10-18/h1-10H,11-16H2. The Kier molecular flexibility index (Phi) is 6.35. The molecule has 2 aliphatic heterocycles. The summed E-state index contributed by atoms with van der Waals surface area (Å²) >= 11 is 0. The Balaban J connectivity index is 1.26. The van der Waals surface area contributed by atoms with E-state index in [-0.39, 0.29) is 39.6 Å². The largest absolute Gasteiger partial charge is 0.475 e. The van der Waals surface area contributed by atoms with Gasteiger partial charge in [0, 0.05) is 0 Å². The fraction of sp³-hybridized carbons (Fsp3) is 0.368. The van der Waals surface area contributed by atoms with Crippen molar-refractivity contribution in [2.24, 2.45) is 5.41 Å². The van der Waals surface area contributed by atoms with E-state index in [2.05, 4.69) is 0 Å². The highest BCUT2D eigenvalue weighted by Crippen LogP contribution is 2.60. The van der Waals surface area contributed by atoms with E-state index in [9.17, 15) is 9.13 Å². The molecule has 0 atom stereocenters. The molecular formula is C19H22O8P2. The van der Waals surface area contributed by atoms with Crippen molar-refractivity contribution in [3.8, 4) is 0 Å². The van der Waals surface area contributed by atoms with Crippen molar-refractivity contribution in [1.29, 1.82) is 0 Å². The van der Waals surface area contributed by atoms with Crippen LogP contribution in [0.25, 0.3) is 0 Å². The number of phosphoric acid groups is 2. The Bertz CT molecular complexity index is 802. The van der Waals surface area contributed by atoms with Gasteiger partial charge in [-0.2, -0.15) is 0 Å². The maximum Gasteiger partial charge on any atom is 0.475 e. The third-order valence-corrected chi connectivity index (χ3v) is 7.25. The van der Waals surface area contributed by atoms with Crippen LogP contribution in [0.4, 0.5) is 0 Å². The molecule has 0 N–H and O–H groups in total. The Hall–Kier alpha value is -1.34. The molecular weight excluding hydrogens is 418 g/mol. The molecule has 0 radical (unpaired) electrons. The molecule has 0 unspecified atom stereocenters. The van der Waals surface area contributed by atoms with Crippen molar-refractivity contribution in [2.45, 2.75) is 13.2 Å². The molecule has 2 aromatic rings. The average molecular weight is 440 g/mol. The Morgan fingerprint density at radius 1 is 0.655 bits per heavy atom. The Morgan fingerprint density at radius 3 is 1.34 bits per heavy atom. The van der Waals surface area contributed by atoms with Gasteiger partial charge in [0.1, 0.15) is 0 Å². The summed E-state index contributed by atoms with van der Waals surface area (Å²) in [7, 11) is -7.34. The number of hydrogen-bond donors (Lipinski definition) is 0. The number of benzene rings is 2. The maximum absolute atomic E-state index is 12.6. The summed E-state index contributed by atoms with van der Waals surface area (Å²) in [6.07, 6.45) is 0. The molecule has 29 heavy (non-hydrogen) atoms. The van der Waals surface area contributed by atoms with Gasteiger partial charge in [0.15, 0.2) is 0 Å². The van der Waals surface area contributed by atoms with Crippen LogP contribution in [0.15, 0.2) is 60.7 Å². The van der Waals surface area contributed by atoms with Gasteiger partial charge in [-0.25, -0.2) is 9.13 Å². The predicted octanol–water partition coefficient (Wildman–Crippen LogP) is 4.72. The van der Waals surface area contributed by atoms with Gasteiger partial charge in [-0.1, -0.05) is 60.7 Å². The second-order valence-corrected chi connectivity index (χ2v) is 10.3. The molecule has 156 valence electrons. The number of hydrogen-bond acceptors (Lipinski definition) is 8. The topological polar surface area (TPSA) is 89.5 Å². The van der Waals surface area contributed by atoms with Gasteiger partial charge in [0.2, 0.25) is 0 Å². The third kappa shape index (κ3) is 5.43. The maximum atomic E-state index is 12.6. The Morgan fingerprint density at radius 2 is 1.00 bits per heavy atom. The molecule has 2 aromatic carbocycles. The summed E-state index contributed by atoms with van der Waals surface area (Å²) in [6.45, 7) is 0.381. The summed E-state index contributed by atoms with van der Waals surface area (Å²) in [4.78, 5) is 0. The molecule has 0 aliphatic carbocycles. The fourth-order valence-corrected chi connectivity index (χ4v) is 5.58. The Labute approximate surface area is 169 Å². The van der Waals surface area contributed by atoms with Crippen LogP contribution in [0.5, 0.6) is 0 Å². The van der Waals surface area contributed by atoms with E-state index in [0.717, 1.165) is 11.1 Å². The summed E-state index contributed by atoms with van der Waals surface area (Å²) in [5, 5.41) is 0.